The van der Waals surface area contributed by atoms with Crippen molar-refractivity contribution in [3.63, 3.8) is 0 Å². The summed E-state index contributed by atoms with van der Waals surface area (Å²) in [4.78, 5) is 5.22. The average Bonchev–Trinajstić information content (AvgIpc) is 2.55. The Hall–Kier alpha value is -2.52. The number of hydroxylamine groups is 2. The van der Waals surface area contributed by atoms with Gasteiger partial charge in [0.2, 0.25) is 0 Å². The van der Waals surface area contributed by atoms with Crippen LogP contribution in [0.3, 0.4) is 0 Å². The molecule has 1 heterocycles. The van der Waals surface area contributed by atoms with Crippen molar-refractivity contribution in [2.75, 3.05) is 14.2 Å². The summed E-state index contributed by atoms with van der Waals surface area (Å²) in [6.07, 6.45) is 17.7. The lowest BCUT2D eigenvalue weighted by atomic mass is 10.2. The van der Waals surface area contributed by atoms with Gasteiger partial charge in [0.15, 0.2) is 0 Å². The standard InChI is InChI=1S/C18H19NO2/c1-20-18-14-7-6-11-16(18)10-4-3-5-12-17-13-8-9-15-19(17)21-2/h3-15H,1-2H3/b5-3+,10-4+,17-12+. The van der Waals surface area contributed by atoms with Gasteiger partial charge in [0.05, 0.1) is 19.9 Å². The highest BCUT2D eigenvalue weighted by Gasteiger charge is 2.02. The van der Waals surface area contributed by atoms with E-state index in [2.05, 4.69) is 0 Å². The molecule has 1 aliphatic rings. The van der Waals surface area contributed by atoms with E-state index in [0.717, 1.165) is 17.0 Å². The number of methoxy groups -OCH3 is 1. The highest BCUT2D eigenvalue weighted by atomic mass is 16.7. The van der Waals surface area contributed by atoms with Crippen LogP contribution < -0.4 is 4.74 Å². The summed E-state index contributed by atoms with van der Waals surface area (Å²) in [5, 5.41) is 1.70. The van der Waals surface area contributed by atoms with Gasteiger partial charge in [0.1, 0.15) is 5.75 Å². The van der Waals surface area contributed by atoms with Gasteiger partial charge < -0.3 is 4.74 Å². The number of benzene rings is 1. The molecule has 108 valence electrons. The van der Waals surface area contributed by atoms with Crippen LogP contribution in [0.15, 0.2) is 78.7 Å². The van der Waals surface area contributed by atoms with E-state index in [1.54, 1.807) is 19.3 Å². The minimum Gasteiger partial charge on any atom is -0.496 e. The van der Waals surface area contributed by atoms with Crippen LogP contribution >= 0.6 is 0 Å². The van der Waals surface area contributed by atoms with E-state index < -0.39 is 0 Å². The lowest BCUT2D eigenvalue weighted by Crippen LogP contribution is -2.14. The summed E-state index contributed by atoms with van der Waals surface area (Å²) in [7, 11) is 3.32. The SMILES string of the molecule is COc1ccccc1/C=C/C=C/C=C1\C=CC=CN1OC. The molecular weight excluding hydrogens is 262 g/mol. The molecule has 3 nitrogen and oxygen atoms in total. The second-order valence-corrected chi connectivity index (χ2v) is 4.29. The third-order valence-electron chi connectivity index (χ3n) is 2.95. The van der Waals surface area contributed by atoms with E-state index in [4.69, 9.17) is 9.57 Å². The third-order valence-corrected chi connectivity index (χ3v) is 2.95. The van der Waals surface area contributed by atoms with E-state index in [0.29, 0.717) is 0 Å². The molecule has 0 bridgehead atoms. The molecule has 0 fully saturated rings. The first-order chi connectivity index (χ1) is 10.3. The maximum absolute atomic E-state index is 5.30. The zero-order valence-electron chi connectivity index (χ0n) is 12.3. The summed E-state index contributed by atoms with van der Waals surface area (Å²) in [5.74, 6) is 0.867. The predicted octanol–water partition coefficient (Wildman–Crippen LogP) is 4.10. The van der Waals surface area contributed by atoms with Gasteiger partial charge in [-0.05, 0) is 24.3 Å². The van der Waals surface area contributed by atoms with Crippen molar-refractivity contribution in [1.29, 1.82) is 0 Å². The van der Waals surface area contributed by atoms with Gasteiger partial charge in [-0.15, -0.1) is 0 Å². The Bertz CT molecular complexity index is 609. The number of nitrogens with zero attached hydrogens (tertiary/aromatic N) is 1. The van der Waals surface area contributed by atoms with Crippen molar-refractivity contribution in [3.05, 3.63) is 84.3 Å². The molecule has 1 aromatic rings. The number of para-hydroxylation sites is 1. The van der Waals surface area contributed by atoms with Crippen LogP contribution in [0.25, 0.3) is 6.08 Å². The summed E-state index contributed by atoms with van der Waals surface area (Å²) >= 11 is 0. The molecule has 0 aliphatic carbocycles. The Kier molecular flexibility index (Phi) is 5.61. The zero-order valence-corrected chi connectivity index (χ0v) is 12.3. The van der Waals surface area contributed by atoms with Gasteiger partial charge in [-0.25, -0.2) is 5.06 Å². The van der Waals surface area contributed by atoms with Crippen LogP contribution in [-0.2, 0) is 4.84 Å². The molecular formula is C18H19NO2. The first-order valence-corrected chi connectivity index (χ1v) is 6.71. The molecule has 21 heavy (non-hydrogen) atoms. The summed E-state index contributed by atoms with van der Waals surface area (Å²) in [5.41, 5.74) is 2.03. The van der Waals surface area contributed by atoms with Gasteiger partial charge in [-0.2, -0.15) is 0 Å². The van der Waals surface area contributed by atoms with Gasteiger partial charge in [0.25, 0.3) is 0 Å². The van der Waals surface area contributed by atoms with E-state index in [-0.39, 0.29) is 0 Å². The maximum atomic E-state index is 5.30. The fourth-order valence-electron chi connectivity index (χ4n) is 1.92. The van der Waals surface area contributed by atoms with Crippen molar-refractivity contribution < 1.29 is 9.57 Å². The highest BCUT2D eigenvalue weighted by Crippen LogP contribution is 2.18. The van der Waals surface area contributed by atoms with E-state index in [1.165, 1.54) is 0 Å². The van der Waals surface area contributed by atoms with Crippen LogP contribution in [0.2, 0.25) is 0 Å². The Labute approximate surface area is 125 Å². The lowest BCUT2D eigenvalue weighted by Gasteiger charge is -2.19. The van der Waals surface area contributed by atoms with Gasteiger partial charge >= 0.3 is 0 Å². The normalized spacial score (nSPS) is 16.5. The molecule has 3 heteroatoms. The molecule has 0 radical (unpaired) electrons. The molecule has 0 amide bonds. The number of hydrogen-bond donors (Lipinski definition) is 0. The fraction of sp³-hybridized carbons (Fsp3) is 0.111. The number of allylic oxidation sites excluding steroid dienone is 7. The van der Waals surface area contributed by atoms with E-state index in [9.17, 15) is 0 Å². The largest absolute Gasteiger partial charge is 0.496 e. The minimum absolute atomic E-state index is 0.867. The molecule has 1 aromatic carbocycles. The van der Waals surface area contributed by atoms with E-state index >= 15 is 0 Å². The first kappa shape index (κ1) is 14.9. The lowest BCUT2D eigenvalue weighted by molar-refractivity contribution is -0.0534. The number of rotatable bonds is 5. The Balaban J connectivity index is 2.00. The Morgan fingerprint density at radius 1 is 1.00 bits per heavy atom. The van der Waals surface area contributed by atoms with Crippen molar-refractivity contribution in [2.24, 2.45) is 0 Å². The average molecular weight is 281 g/mol. The maximum Gasteiger partial charge on any atom is 0.126 e. The number of hydrogen-bond acceptors (Lipinski definition) is 3. The zero-order chi connectivity index (χ0) is 14.9. The van der Waals surface area contributed by atoms with Crippen molar-refractivity contribution in [3.8, 4) is 5.75 Å². The molecule has 0 aromatic heterocycles. The smallest absolute Gasteiger partial charge is 0.126 e. The van der Waals surface area contributed by atoms with Crippen molar-refractivity contribution in [1.82, 2.24) is 5.06 Å². The molecule has 0 atom stereocenters. The van der Waals surface area contributed by atoms with Crippen LogP contribution in [-0.4, -0.2) is 19.3 Å². The summed E-state index contributed by atoms with van der Waals surface area (Å²) in [6, 6.07) is 7.91. The second kappa shape index (κ2) is 7.92. The third kappa shape index (κ3) is 4.23. The Morgan fingerprint density at radius 2 is 1.86 bits per heavy atom. The minimum atomic E-state index is 0.867. The van der Waals surface area contributed by atoms with Crippen LogP contribution in [0, 0.1) is 0 Å². The van der Waals surface area contributed by atoms with Gasteiger partial charge in [-0.1, -0.05) is 48.6 Å². The second-order valence-electron chi connectivity index (χ2n) is 4.29. The topological polar surface area (TPSA) is 21.7 Å². The van der Waals surface area contributed by atoms with Crippen LogP contribution in [0.4, 0.5) is 0 Å². The quantitative estimate of drug-likeness (QED) is 0.759. The monoisotopic (exact) mass is 281 g/mol. The molecule has 2 rings (SSSR count). The highest BCUT2D eigenvalue weighted by molar-refractivity contribution is 5.58. The summed E-state index contributed by atoms with van der Waals surface area (Å²) in [6.45, 7) is 0. The van der Waals surface area contributed by atoms with Crippen LogP contribution in [0.1, 0.15) is 5.56 Å². The molecule has 0 unspecified atom stereocenters. The molecule has 0 N–H and O–H groups in total. The summed E-state index contributed by atoms with van der Waals surface area (Å²) < 4.78 is 5.30. The fourth-order valence-corrected chi connectivity index (χ4v) is 1.92. The molecule has 0 saturated heterocycles. The van der Waals surface area contributed by atoms with Crippen molar-refractivity contribution in [2.45, 2.75) is 0 Å². The van der Waals surface area contributed by atoms with Crippen LogP contribution in [0.5, 0.6) is 5.75 Å². The van der Waals surface area contributed by atoms with Gasteiger partial charge in [0, 0.05) is 11.8 Å². The molecule has 0 saturated carbocycles. The molecule has 0 spiro atoms. The predicted molar refractivity (Wildman–Crippen MR) is 86.4 cm³/mol. The molecule has 1 aliphatic heterocycles. The Morgan fingerprint density at radius 3 is 2.67 bits per heavy atom. The first-order valence-electron chi connectivity index (χ1n) is 6.71. The van der Waals surface area contributed by atoms with Crippen molar-refractivity contribution >= 4 is 6.08 Å². The van der Waals surface area contributed by atoms with Gasteiger partial charge in [-0.3, -0.25) is 4.84 Å². The number of ether oxygens (including phenoxy) is 1. The van der Waals surface area contributed by atoms with E-state index in [1.807, 2.05) is 79.1 Å².